The van der Waals surface area contributed by atoms with E-state index in [1.54, 1.807) is 17.9 Å². The van der Waals surface area contributed by atoms with E-state index in [9.17, 15) is 9.59 Å². The van der Waals surface area contributed by atoms with E-state index in [0.29, 0.717) is 37.6 Å². The molecule has 4 rings (SSSR count). The lowest BCUT2D eigenvalue weighted by Crippen LogP contribution is -2.50. The van der Waals surface area contributed by atoms with Crippen LogP contribution in [0.5, 0.6) is 5.88 Å². The SMILES string of the molecule is COc1nn(C)cc1C(=O)N1CCN(CCNC(=O)Cn2ccc3ccccc32)CC1. The predicted octanol–water partition coefficient (Wildman–Crippen LogP) is 0.958. The molecule has 2 amide bonds. The number of amides is 2. The van der Waals surface area contributed by atoms with Crippen LogP contribution in [0.4, 0.5) is 0 Å². The molecule has 0 aliphatic carbocycles. The fourth-order valence-electron chi connectivity index (χ4n) is 3.95. The maximum atomic E-state index is 12.8. The molecule has 1 aliphatic heterocycles. The first-order valence-electron chi connectivity index (χ1n) is 10.4. The highest BCUT2D eigenvalue weighted by molar-refractivity contribution is 5.96. The molecule has 9 nitrogen and oxygen atoms in total. The van der Waals surface area contributed by atoms with Gasteiger partial charge in [0, 0.05) is 64.2 Å². The van der Waals surface area contributed by atoms with Crippen LogP contribution in [0.1, 0.15) is 10.4 Å². The molecule has 2 aromatic heterocycles. The van der Waals surface area contributed by atoms with Gasteiger partial charge in [-0.1, -0.05) is 18.2 Å². The largest absolute Gasteiger partial charge is 0.479 e. The highest BCUT2D eigenvalue weighted by Gasteiger charge is 2.26. The van der Waals surface area contributed by atoms with Gasteiger partial charge in [-0.05, 0) is 17.5 Å². The molecule has 164 valence electrons. The lowest BCUT2D eigenvalue weighted by Gasteiger charge is -2.34. The lowest BCUT2D eigenvalue weighted by atomic mass is 10.2. The second-order valence-electron chi connectivity index (χ2n) is 7.71. The van der Waals surface area contributed by atoms with E-state index in [2.05, 4.69) is 15.3 Å². The van der Waals surface area contributed by atoms with Gasteiger partial charge >= 0.3 is 0 Å². The Labute approximate surface area is 181 Å². The number of ether oxygens (including phenoxy) is 1. The van der Waals surface area contributed by atoms with Crippen LogP contribution < -0.4 is 10.1 Å². The Morgan fingerprint density at radius 1 is 1.13 bits per heavy atom. The molecule has 1 saturated heterocycles. The summed E-state index contributed by atoms with van der Waals surface area (Å²) in [6.45, 7) is 4.47. The molecule has 3 heterocycles. The number of hydrogen-bond acceptors (Lipinski definition) is 5. The van der Waals surface area contributed by atoms with Gasteiger partial charge in [-0.25, -0.2) is 0 Å². The summed E-state index contributed by atoms with van der Waals surface area (Å²) in [6, 6.07) is 10.0. The summed E-state index contributed by atoms with van der Waals surface area (Å²) < 4.78 is 8.75. The van der Waals surface area contributed by atoms with E-state index >= 15 is 0 Å². The predicted molar refractivity (Wildman–Crippen MR) is 117 cm³/mol. The van der Waals surface area contributed by atoms with Crippen molar-refractivity contribution in [2.45, 2.75) is 6.54 Å². The number of fused-ring (bicyclic) bond motifs is 1. The molecule has 9 heteroatoms. The minimum absolute atomic E-state index is 0.00107. The van der Waals surface area contributed by atoms with Crippen molar-refractivity contribution >= 4 is 22.7 Å². The average molecular weight is 425 g/mol. The van der Waals surface area contributed by atoms with Gasteiger partial charge in [0.2, 0.25) is 11.8 Å². The Morgan fingerprint density at radius 2 is 1.90 bits per heavy atom. The smallest absolute Gasteiger partial charge is 0.261 e. The second kappa shape index (κ2) is 9.22. The first kappa shape index (κ1) is 20.9. The molecule has 0 atom stereocenters. The van der Waals surface area contributed by atoms with E-state index in [1.807, 2.05) is 46.0 Å². The number of carbonyl (C=O) groups is 2. The highest BCUT2D eigenvalue weighted by atomic mass is 16.5. The summed E-state index contributed by atoms with van der Waals surface area (Å²) in [7, 11) is 3.29. The lowest BCUT2D eigenvalue weighted by molar-refractivity contribution is -0.121. The van der Waals surface area contributed by atoms with Gasteiger partial charge in [-0.2, -0.15) is 0 Å². The topological polar surface area (TPSA) is 84.6 Å². The van der Waals surface area contributed by atoms with Crippen molar-refractivity contribution in [3.8, 4) is 5.88 Å². The Kier molecular flexibility index (Phi) is 6.22. The van der Waals surface area contributed by atoms with E-state index in [0.717, 1.165) is 30.5 Å². The van der Waals surface area contributed by atoms with Crippen molar-refractivity contribution in [1.29, 1.82) is 0 Å². The fourth-order valence-corrected chi connectivity index (χ4v) is 3.95. The molecule has 0 bridgehead atoms. The van der Waals surface area contributed by atoms with Crippen LogP contribution in [0.2, 0.25) is 0 Å². The third kappa shape index (κ3) is 4.72. The third-order valence-electron chi connectivity index (χ3n) is 5.62. The van der Waals surface area contributed by atoms with Crippen LogP contribution in [0.25, 0.3) is 10.9 Å². The quantitative estimate of drug-likeness (QED) is 0.611. The number of hydrogen-bond donors (Lipinski definition) is 1. The minimum Gasteiger partial charge on any atom is -0.479 e. The summed E-state index contributed by atoms with van der Waals surface area (Å²) >= 11 is 0. The number of benzene rings is 1. The first-order valence-corrected chi connectivity index (χ1v) is 10.4. The Morgan fingerprint density at radius 3 is 2.68 bits per heavy atom. The summed E-state index contributed by atoms with van der Waals surface area (Å²) in [5.41, 5.74) is 1.55. The van der Waals surface area contributed by atoms with Gasteiger partial charge in [0.05, 0.1) is 7.11 Å². The fraction of sp³-hybridized carbons (Fsp3) is 0.409. The zero-order valence-corrected chi connectivity index (χ0v) is 18.0. The number of methoxy groups -OCH3 is 1. The maximum Gasteiger partial charge on any atom is 0.261 e. The number of aromatic nitrogens is 3. The van der Waals surface area contributed by atoms with Crippen molar-refractivity contribution in [2.75, 3.05) is 46.4 Å². The monoisotopic (exact) mass is 424 g/mol. The normalized spacial score (nSPS) is 14.7. The van der Waals surface area contributed by atoms with Crippen molar-refractivity contribution in [2.24, 2.45) is 7.05 Å². The molecule has 31 heavy (non-hydrogen) atoms. The van der Waals surface area contributed by atoms with Gasteiger partial charge in [0.1, 0.15) is 12.1 Å². The van der Waals surface area contributed by atoms with Crippen LogP contribution in [-0.4, -0.2) is 82.3 Å². The summed E-state index contributed by atoms with van der Waals surface area (Å²) in [5, 5.41) is 8.29. The molecule has 1 fully saturated rings. The molecule has 0 unspecified atom stereocenters. The first-order chi connectivity index (χ1) is 15.0. The van der Waals surface area contributed by atoms with Crippen LogP contribution >= 0.6 is 0 Å². The van der Waals surface area contributed by atoms with E-state index in [-0.39, 0.29) is 11.8 Å². The summed E-state index contributed by atoms with van der Waals surface area (Å²) in [6.07, 6.45) is 3.63. The van der Waals surface area contributed by atoms with Crippen LogP contribution in [-0.2, 0) is 18.4 Å². The Balaban J connectivity index is 1.20. The van der Waals surface area contributed by atoms with Crippen molar-refractivity contribution in [3.63, 3.8) is 0 Å². The highest BCUT2D eigenvalue weighted by Crippen LogP contribution is 2.18. The minimum atomic E-state index is -0.0585. The molecular formula is C22H28N6O3. The van der Waals surface area contributed by atoms with Crippen LogP contribution in [0, 0.1) is 0 Å². The number of nitrogens with one attached hydrogen (secondary N) is 1. The van der Waals surface area contributed by atoms with Gasteiger partial charge in [0.15, 0.2) is 0 Å². The Bertz CT molecular complexity index is 1060. The van der Waals surface area contributed by atoms with Crippen molar-refractivity contribution < 1.29 is 14.3 Å². The zero-order valence-electron chi connectivity index (χ0n) is 18.0. The molecule has 1 aliphatic rings. The van der Waals surface area contributed by atoms with Crippen molar-refractivity contribution in [1.82, 2.24) is 29.5 Å². The molecule has 0 radical (unpaired) electrons. The molecule has 1 N–H and O–H groups in total. The summed E-state index contributed by atoms with van der Waals surface area (Å²) in [5.74, 6) is 0.295. The zero-order chi connectivity index (χ0) is 21.8. The average Bonchev–Trinajstić information content (AvgIpc) is 3.37. The van der Waals surface area contributed by atoms with Gasteiger partial charge in [-0.15, -0.1) is 5.10 Å². The van der Waals surface area contributed by atoms with Gasteiger partial charge in [-0.3, -0.25) is 19.2 Å². The molecule has 1 aromatic carbocycles. The number of piperazine rings is 1. The number of para-hydroxylation sites is 1. The molecule has 0 saturated carbocycles. The maximum absolute atomic E-state index is 12.8. The number of aryl methyl sites for hydroxylation is 1. The van der Waals surface area contributed by atoms with E-state index in [1.165, 1.54) is 7.11 Å². The standard InChI is InChI=1S/C22H28N6O3/c1-25-15-18(21(24-25)31-2)22(30)27-13-11-26(12-14-27)10-8-23-20(29)16-28-9-7-17-5-3-4-6-19(17)28/h3-7,9,15H,8,10-14,16H2,1-2H3,(H,23,29). The summed E-state index contributed by atoms with van der Waals surface area (Å²) in [4.78, 5) is 29.2. The van der Waals surface area contributed by atoms with Crippen LogP contribution in [0.15, 0.2) is 42.7 Å². The number of nitrogens with zero attached hydrogens (tertiary/aromatic N) is 5. The molecule has 0 spiro atoms. The number of rotatable bonds is 7. The Hall–Kier alpha value is -3.33. The van der Waals surface area contributed by atoms with Crippen LogP contribution in [0.3, 0.4) is 0 Å². The van der Waals surface area contributed by atoms with Gasteiger partial charge < -0.3 is 19.5 Å². The third-order valence-corrected chi connectivity index (χ3v) is 5.62. The molecular weight excluding hydrogens is 396 g/mol. The van der Waals surface area contributed by atoms with E-state index < -0.39 is 0 Å². The molecule has 3 aromatic rings. The van der Waals surface area contributed by atoms with E-state index in [4.69, 9.17) is 4.74 Å². The second-order valence-corrected chi connectivity index (χ2v) is 7.71. The van der Waals surface area contributed by atoms with Crippen molar-refractivity contribution in [3.05, 3.63) is 48.3 Å². The van der Waals surface area contributed by atoms with Gasteiger partial charge in [0.25, 0.3) is 5.91 Å². The number of carbonyl (C=O) groups excluding carboxylic acids is 2.